The summed E-state index contributed by atoms with van der Waals surface area (Å²) >= 11 is 0. The Balaban J connectivity index is 1.58. The van der Waals surface area contributed by atoms with Gasteiger partial charge in [0, 0.05) is 37.8 Å². The van der Waals surface area contributed by atoms with Gasteiger partial charge in [-0.05, 0) is 43.7 Å². The first-order chi connectivity index (χ1) is 12.5. The van der Waals surface area contributed by atoms with Crippen LogP contribution in [-0.4, -0.2) is 33.0 Å². The third kappa shape index (κ3) is 4.14. The molecule has 0 bridgehead atoms. The Morgan fingerprint density at radius 2 is 1.81 bits per heavy atom. The van der Waals surface area contributed by atoms with Crippen molar-refractivity contribution in [3.05, 3.63) is 65.8 Å². The standard InChI is InChI=1S/C20H22N4O2/c1-14-4-6-17(7-5-14)20-23-22-18(26-20)8-9-19(25)24(3)15(2)16-10-12-21-13-11-16/h4-7,10-13,15H,8-9H2,1-3H3. The monoisotopic (exact) mass is 350 g/mol. The molecule has 0 saturated carbocycles. The first-order valence-electron chi connectivity index (χ1n) is 8.59. The SMILES string of the molecule is Cc1ccc(-c2nnc(CCC(=O)N(C)C(C)c3ccncc3)o2)cc1. The number of amides is 1. The smallest absolute Gasteiger partial charge is 0.247 e. The van der Waals surface area contributed by atoms with E-state index in [1.165, 1.54) is 5.56 Å². The van der Waals surface area contributed by atoms with Gasteiger partial charge in [-0.1, -0.05) is 17.7 Å². The highest BCUT2D eigenvalue weighted by Crippen LogP contribution is 2.21. The molecule has 2 aromatic heterocycles. The minimum Gasteiger partial charge on any atom is -0.421 e. The van der Waals surface area contributed by atoms with Crippen LogP contribution in [0.4, 0.5) is 0 Å². The zero-order valence-electron chi connectivity index (χ0n) is 15.2. The second kappa shape index (κ2) is 7.91. The van der Waals surface area contributed by atoms with Gasteiger partial charge in [0.2, 0.25) is 17.7 Å². The highest BCUT2D eigenvalue weighted by atomic mass is 16.4. The van der Waals surface area contributed by atoms with Crippen LogP contribution < -0.4 is 0 Å². The van der Waals surface area contributed by atoms with Crippen molar-refractivity contribution in [3.8, 4) is 11.5 Å². The van der Waals surface area contributed by atoms with Gasteiger partial charge in [-0.2, -0.15) is 0 Å². The minimum absolute atomic E-state index is 0.0173. The molecule has 3 aromatic rings. The molecule has 1 atom stereocenters. The molecule has 3 rings (SSSR count). The van der Waals surface area contributed by atoms with E-state index in [1.807, 2.05) is 50.2 Å². The predicted molar refractivity (Wildman–Crippen MR) is 98.2 cm³/mol. The number of carbonyl (C=O) groups is 1. The molecule has 0 aliphatic rings. The van der Waals surface area contributed by atoms with E-state index in [0.717, 1.165) is 11.1 Å². The van der Waals surface area contributed by atoms with Gasteiger partial charge in [0.25, 0.3) is 0 Å². The van der Waals surface area contributed by atoms with Gasteiger partial charge in [0.15, 0.2) is 0 Å². The summed E-state index contributed by atoms with van der Waals surface area (Å²) in [5, 5.41) is 8.13. The Morgan fingerprint density at radius 3 is 2.50 bits per heavy atom. The van der Waals surface area contributed by atoms with Crippen molar-refractivity contribution < 1.29 is 9.21 Å². The van der Waals surface area contributed by atoms with Crippen LogP contribution in [0.1, 0.15) is 36.4 Å². The van der Waals surface area contributed by atoms with E-state index >= 15 is 0 Å². The van der Waals surface area contributed by atoms with E-state index < -0.39 is 0 Å². The maximum absolute atomic E-state index is 12.5. The van der Waals surface area contributed by atoms with Crippen LogP contribution in [0.5, 0.6) is 0 Å². The van der Waals surface area contributed by atoms with E-state index in [1.54, 1.807) is 24.3 Å². The number of aryl methyl sites for hydroxylation is 2. The molecule has 1 amide bonds. The van der Waals surface area contributed by atoms with Gasteiger partial charge in [-0.3, -0.25) is 9.78 Å². The van der Waals surface area contributed by atoms with Crippen molar-refractivity contribution in [2.75, 3.05) is 7.05 Å². The summed E-state index contributed by atoms with van der Waals surface area (Å²) in [7, 11) is 1.80. The molecular weight excluding hydrogens is 328 g/mol. The van der Waals surface area contributed by atoms with Crippen molar-refractivity contribution in [3.63, 3.8) is 0 Å². The summed E-state index contributed by atoms with van der Waals surface area (Å²) in [6, 6.07) is 11.7. The number of rotatable bonds is 6. The Hall–Kier alpha value is -3.02. The van der Waals surface area contributed by atoms with Crippen LogP contribution in [0.2, 0.25) is 0 Å². The summed E-state index contributed by atoms with van der Waals surface area (Å²) in [5.74, 6) is 0.981. The fraction of sp³-hybridized carbons (Fsp3) is 0.300. The van der Waals surface area contributed by atoms with Gasteiger partial charge in [-0.25, -0.2) is 0 Å². The third-order valence-electron chi connectivity index (χ3n) is 4.48. The second-order valence-corrected chi connectivity index (χ2v) is 6.33. The molecule has 134 valence electrons. The van der Waals surface area contributed by atoms with E-state index in [0.29, 0.717) is 24.6 Å². The molecule has 2 heterocycles. The van der Waals surface area contributed by atoms with Crippen molar-refractivity contribution in [2.45, 2.75) is 32.7 Å². The zero-order valence-corrected chi connectivity index (χ0v) is 15.2. The summed E-state index contributed by atoms with van der Waals surface area (Å²) in [4.78, 5) is 18.2. The lowest BCUT2D eigenvalue weighted by atomic mass is 10.1. The van der Waals surface area contributed by atoms with Crippen molar-refractivity contribution >= 4 is 5.91 Å². The fourth-order valence-electron chi connectivity index (χ4n) is 2.64. The predicted octanol–water partition coefficient (Wildman–Crippen LogP) is 3.59. The zero-order chi connectivity index (χ0) is 18.5. The maximum Gasteiger partial charge on any atom is 0.247 e. The number of benzene rings is 1. The summed E-state index contributed by atoms with van der Waals surface area (Å²) in [6.07, 6.45) is 4.21. The first-order valence-corrected chi connectivity index (χ1v) is 8.59. The molecule has 0 aliphatic heterocycles. The van der Waals surface area contributed by atoms with Gasteiger partial charge >= 0.3 is 0 Å². The maximum atomic E-state index is 12.5. The molecule has 0 N–H and O–H groups in total. The molecule has 1 unspecified atom stereocenters. The molecular formula is C20H22N4O2. The highest BCUT2D eigenvalue weighted by molar-refractivity contribution is 5.76. The van der Waals surface area contributed by atoms with Gasteiger partial charge in [0.05, 0.1) is 6.04 Å². The Labute approximate surface area is 152 Å². The lowest BCUT2D eigenvalue weighted by Crippen LogP contribution is -2.29. The van der Waals surface area contributed by atoms with Crippen LogP contribution in [-0.2, 0) is 11.2 Å². The van der Waals surface area contributed by atoms with E-state index in [4.69, 9.17) is 4.42 Å². The number of hydrogen-bond donors (Lipinski definition) is 0. The number of pyridine rings is 1. The Bertz CT molecular complexity index is 859. The molecule has 6 nitrogen and oxygen atoms in total. The van der Waals surface area contributed by atoms with Crippen LogP contribution >= 0.6 is 0 Å². The summed E-state index contributed by atoms with van der Waals surface area (Å²) in [5.41, 5.74) is 3.10. The molecule has 0 aliphatic carbocycles. The molecule has 26 heavy (non-hydrogen) atoms. The molecule has 6 heteroatoms. The largest absolute Gasteiger partial charge is 0.421 e. The number of aromatic nitrogens is 3. The lowest BCUT2D eigenvalue weighted by Gasteiger charge is -2.25. The molecule has 0 fully saturated rings. The van der Waals surface area contributed by atoms with Gasteiger partial charge in [-0.15, -0.1) is 10.2 Å². The molecule has 1 aromatic carbocycles. The number of hydrogen-bond acceptors (Lipinski definition) is 5. The van der Waals surface area contributed by atoms with Crippen molar-refractivity contribution in [1.29, 1.82) is 0 Å². The minimum atomic E-state index is -0.0173. The summed E-state index contributed by atoms with van der Waals surface area (Å²) < 4.78 is 5.68. The van der Waals surface area contributed by atoms with Crippen LogP contribution in [0.3, 0.4) is 0 Å². The average Bonchev–Trinajstić information content (AvgIpc) is 3.15. The summed E-state index contributed by atoms with van der Waals surface area (Å²) in [6.45, 7) is 4.02. The average molecular weight is 350 g/mol. The van der Waals surface area contributed by atoms with Crippen molar-refractivity contribution in [2.24, 2.45) is 0 Å². The Kier molecular flexibility index (Phi) is 5.41. The van der Waals surface area contributed by atoms with E-state index in [9.17, 15) is 4.79 Å². The van der Waals surface area contributed by atoms with E-state index in [2.05, 4.69) is 15.2 Å². The van der Waals surface area contributed by atoms with Gasteiger partial charge in [0.1, 0.15) is 0 Å². The number of carbonyl (C=O) groups excluding carboxylic acids is 1. The van der Waals surface area contributed by atoms with E-state index in [-0.39, 0.29) is 11.9 Å². The van der Waals surface area contributed by atoms with Crippen LogP contribution in [0.25, 0.3) is 11.5 Å². The normalized spacial score (nSPS) is 12.0. The quantitative estimate of drug-likeness (QED) is 0.679. The third-order valence-corrected chi connectivity index (χ3v) is 4.48. The van der Waals surface area contributed by atoms with Gasteiger partial charge < -0.3 is 9.32 Å². The molecule has 0 saturated heterocycles. The van der Waals surface area contributed by atoms with Crippen LogP contribution in [0.15, 0.2) is 53.2 Å². The topological polar surface area (TPSA) is 72.1 Å². The second-order valence-electron chi connectivity index (χ2n) is 6.33. The Morgan fingerprint density at radius 1 is 1.12 bits per heavy atom. The number of nitrogens with zero attached hydrogens (tertiary/aromatic N) is 4. The van der Waals surface area contributed by atoms with Crippen molar-refractivity contribution in [1.82, 2.24) is 20.1 Å². The fourth-order valence-corrected chi connectivity index (χ4v) is 2.64. The lowest BCUT2D eigenvalue weighted by molar-refractivity contribution is -0.131. The molecule has 0 radical (unpaired) electrons. The highest BCUT2D eigenvalue weighted by Gasteiger charge is 2.18. The first kappa shape index (κ1) is 17.8. The van der Waals surface area contributed by atoms with Crippen LogP contribution in [0, 0.1) is 6.92 Å². The molecule has 0 spiro atoms.